The van der Waals surface area contributed by atoms with E-state index in [4.69, 9.17) is 5.11 Å². The van der Waals surface area contributed by atoms with E-state index < -0.39 is 34.0 Å². The van der Waals surface area contributed by atoms with E-state index >= 15 is 0 Å². The molecule has 1 aliphatic rings. The van der Waals surface area contributed by atoms with E-state index in [1.165, 1.54) is 25.1 Å². The first kappa shape index (κ1) is 14.2. The molecule has 1 amide bonds. The average Bonchev–Trinajstić information content (AvgIpc) is 2.33. The van der Waals surface area contributed by atoms with E-state index in [1.807, 2.05) is 0 Å². The molecule has 1 heterocycles. The molecule has 1 N–H and O–H groups in total. The summed E-state index contributed by atoms with van der Waals surface area (Å²) in [5.41, 5.74) is 0.186. The van der Waals surface area contributed by atoms with Crippen molar-refractivity contribution in [3.05, 3.63) is 23.8 Å². The van der Waals surface area contributed by atoms with E-state index in [1.54, 1.807) is 0 Å². The van der Waals surface area contributed by atoms with Gasteiger partial charge in [-0.25, -0.2) is 8.42 Å². The highest BCUT2D eigenvalue weighted by atomic mass is 32.2. The molecular weight excluding hydrogens is 286 g/mol. The topological polar surface area (TPSA) is 109 Å². The van der Waals surface area contributed by atoms with Crippen molar-refractivity contribution in [3.63, 3.8) is 0 Å². The molecule has 20 heavy (non-hydrogen) atoms. The second-order valence-corrected chi connectivity index (χ2v) is 6.33. The fourth-order valence-corrected chi connectivity index (χ4v) is 3.41. The van der Waals surface area contributed by atoms with Crippen LogP contribution in [0.15, 0.2) is 23.1 Å². The summed E-state index contributed by atoms with van der Waals surface area (Å²) in [6.45, 7) is 0.665. The third kappa shape index (κ3) is 2.42. The maximum atomic E-state index is 12.0. The van der Waals surface area contributed by atoms with Crippen LogP contribution in [-0.4, -0.2) is 43.5 Å². The lowest BCUT2D eigenvalue weighted by Crippen LogP contribution is -2.43. The number of rotatable bonds is 3. The second-order valence-electron chi connectivity index (χ2n) is 4.37. The van der Waals surface area contributed by atoms with Crippen LogP contribution < -0.4 is 4.90 Å². The van der Waals surface area contributed by atoms with Gasteiger partial charge in [-0.1, -0.05) is 0 Å². The maximum absolute atomic E-state index is 12.0. The number of benzene rings is 1. The van der Waals surface area contributed by atoms with E-state index in [0.29, 0.717) is 0 Å². The lowest BCUT2D eigenvalue weighted by Gasteiger charge is -2.28. The number of carboxylic acids is 1. The molecule has 0 aromatic heterocycles. The predicted octanol–water partition coefficient (Wildman–Crippen LogP) is 0.0941. The SMILES string of the molecule is CC(=O)c1ccc2c(c1)S(=O)(=O)CC(=O)N2CC(=O)O. The van der Waals surface area contributed by atoms with Crippen molar-refractivity contribution in [1.29, 1.82) is 0 Å². The van der Waals surface area contributed by atoms with Gasteiger partial charge in [-0.15, -0.1) is 0 Å². The van der Waals surface area contributed by atoms with Crippen LogP contribution in [0.25, 0.3) is 0 Å². The van der Waals surface area contributed by atoms with Crippen LogP contribution in [0.3, 0.4) is 0 Å². The van der Waals surface area contributed by atoms with Gasteiger partial charge in [0.1, 0.15) is 12.3 Å². The fraction of sp³-hybridized carbons (Fsp3) is 0.250. The van der Waals surface area contributed by atoms with Gasteiger partial charge in [0.25, 0.3) is 0 Å². The Labute approximate surface area is 114 Å². The van der Waals surface area contributed by atoms with Crippen molar-refractivity contribution in [3.8, 4) is 0 Å². The number of sulfone groups is 1. The molecule has 0 spiro atoms. The van der Waals surface area contributed by atoms with Crippen molar-refractivity contribution < 1.29 is 27.9 Å². The Morgan fingerprint density at radius 2 is 2.00 bits per heavy atom. The number of carbonyl (C=O) groups is 3. The summed E-state index contributed by atoms with van der Waals surface area (Å²) >= 11 is 0. The average molecular weight is 297 g/mol. The molecule has 106 valence electrons. The zero-order valence-electron chi connectivity index (χ0n) is 10.5. The normalized spacial score (nSPS) is 16.6. The molecule has 0 unspecified atom stereocenters. The lowest BCUT2D eigenvalue weighted by molar-refractivity contribution is -0.136. The molecule has 0 atom stereocenters. The third-order valence-corrected chi connectivity index (χ3v) is 4.52. The van der Waals surface area contributed by atoms with E-state index in [2.05, 4.69) is 0 Å². The van der Waals surface area contributed by atoms with Crippen molar-refractivity contribution in [2.24, 2.45) is 0 Å². The van der Waals surface area contributed by atoms with Crippen molar-refractivity contribution >= 4 is 33.2 Å². The summed E-state index contributed by atoms with van der Waals surface area (Å²) in [5, 5.41) is 8.78. The molecule has 7 nitrogen and oxygen atoms in total. The van der Waals surface area contributed by atoms with Crippen LogP contribution in [0.4, 0.5) is 5.69 Å². The molecule has 1 aromatic carbocycles. The largest absolute Gasteiger partial charge is 0.480 e. The number of anilines is 1. The van der Waals surface area contributed by atoms with Crippen molar-refractivity contribution in [2.45, 2.75) is 11.8 Å². The van der Waals surface area contributed by atoms with Crippen LogP contribution in [0, 0.1) is 0 Å². The second kappa shape index (κ2) is 4.71. The zero-order chi connectivity index (χ0) is 15.1. The van der Waals surface area contributed by atoms with Gasteiger partial charge in [0.15, 0.2) is 15.6 Å². The molecule has 0 saturated carbocycles. The molecule has 0 saturated heterocycles. The van der Waals surface area contributed by atoms with Gasteiger partial charge < -0.3 is 5.11 Å². The molecule has 8 heteroatoms. The molecule has 1 aromatic rings. The first-order chi connectivity index (χ1) is 9.22. The van der Waals surface area contributed by atoms with E-state index in [-0.39, 0.29) is 21.9 Å². The molecule has 0 fully saturated rings. The van der Waals surface area contributed by atoms with Gasteiger partial charge in [-0.05, 0) is 25.1 Å². The minimum atomic E-state index is -3.85. The van der Waals surface area contributed by atoms with Gasteiger partial charge in [0.2, 0.25) is 5.91 Å². The zero-order valence-corrected chi connectivity index (χ0v) is 11.3. The summed E-state index contributed by atoms with van der Waals surface area (Å²) in [4.78, 5) is 34.5. The Balaban J connectivity index is 2.64. The summed E-state index contributed by atoms with van der Waals surface area (Å²) in [6, 6.07) is 3.82. The number of aliphatic carboxylic acids is 1. The van der Waals surface area contributed by atoms with E-state index in [0.717, 1.165) is 4.90 Å². The van der Waals surface area contributed by atoms with Gasteiger partial charge >= 0.3 is 5.97 Å². The predicted molar refractivity (Wildman–Crippen MR) is 68.5 cm³/mol. The van der Waals surface area contributed by atoms with Crippen LogP contribution in [0.5, 0.6) is 0 Å². The first-order valence-corrected chi connectivity index (χ1v) is 7.27. The molecular formula is C12H11NO6S. The van der Waals surface area contributed by atoms with Gasteiger partial charge in [0, 0.05) is 5.56 Å². The van der Waals surface area contributed by atoms with Crippen LogP contribution in [-0.2, 0) is 19.4 Å². The quantitative estimate of drug-likeness (QED) is 0.792. The number of Topliss-reactive ketones (excluding diaryl/α,β-unsaturated/α-hetero) is 1. The Morgan fingerprint density at radius 1 is 1.35 bits per heavy atom. The molecule has 2 rings (SSSR count). The molecule has 0 bridgehead atoms. The number of amides is 1. The maximum Gasteiger partial charge on any atom is 0.323 e. The number of ketones is 1. The number of hydrogen-bond donors (Lipinski definition) is 1. The van der Waals surface area contributed by atoms with Crippen molar-refractivity contribution in [1.82, 2.24) is 0 Å². The number of carbonyl (C=O) groups excluding carboxylic acids is 2. The summed E-state index contributed by atoms with van der Waals surface area (Å²) in [7, 11) is -3.85. The number of nitrogens with zero attached hydrogens (tertiary/aromatic N) is 1. The lowest BCUT2D eigenvalue weighted by atomic mass is 10.1. The highest BCUT2D eigenvalue weighted by molar-refractivity contribution is 7.92. The molecule has 0 aliphatic carbocycles. The van der Waals surface area contributed by atoms with Gasteiger partial charge in [0.05, 0.1) is 10.6 Å². The van der Waals surface area contributed by atoms with Gasteiger partial charge in [-0.2, -0.15) is 0 Å². The monoisotopic (exact) mass is 297 g/mol. The fourth-order valence-electron chi connectivity index (χ4n) is 1.97. The highest BCUT2D eigenvalue weighted by Gasteiger charge is 2.35. The van der Waals surface area contributed by atoms with Crippen molar-refractivity contribution in [2.75, 3.05) is 17.2 Å². The summed E-state index contributed by atoms with van der Waals surface area (Å²) in [6.07, 6.45) is 0. The third-order valence-electron chi connectivity index (χ3n) is 2.90. The van der Waals surface area contributed by atoms with E-state index in [9.17, 15) is 22.8 Å². The smallest absolute Gasteiger partial charge is 0.323 e. The molecule has 0 radical (unpaired) electrons. The number of hydrogen-bond acceptors (Lipinski definition) is 5. The Morgan fingerprint density at radius 3 is 2.55 bits per heavy atom. The Hall–Kier alpha value is -2.22. The highest BCUT2D eigenvalue weighted by Crippen LogP contribution is 2.32. The Kier molecular flexibility index (Phi) is 3.34. The first-order valence-electron chi connectivity index (χ1n) is 5.62. The molecule has 1 aliphatic heterocycles. The minimum absolute atomic E-state index is 0.00588. The van der Waals surface area contributed by atoms with Gasteiger partial charge in [-0.3, -0.25) is 19.3 Å². The summed E-state index contributed by atoms with van der Waals surface area (Å²) < 4.78 is 24.0. The number of fused-ring (bicyclic) bond motifs is 1. The summed E-state index contributed by atoms with van der Waals surface area (Å²) in [5.74, 6) is -3.16. The Bertz CT molecular complexity index is 721. The van der Waals surface area contributed by atoms with Crippen LogP contribution in [0.2, 0.25) is 0 Å². The number of carboxylic acid groups (broad SMARTS) is 1. The van der Waals surface area contributed by atoms with Crippen LogP contribution in [0.1, 0.15) is 17.3 Å². The minimum Gasteiger partial charge on any atom is -0.480 e. The standard InChI is InChI=1S/C12H11NO6S/c1-7(14)8-2-3-9-10(4-8)20(18,19)6-11(15)13(9)5-12(16)17/h2-4H,5-6H2,1H3,(H,16,17). The van der Waals surface area contributed by atoms with Crippen LogP contribution >= 0.6 is 0 Å².